The smallest absolute Gasteiger partial charge is 0.346 e. The Morgan fingerprint density at radius 2 is 1.94 bits per heavy atom. The zero-order valence-corrected chi connectivity index (χ0v) is 8.87. The van der Waals surface area contributed by atoms with E-state index in [9.17, 15) is 18.0 Å². The lowest BCUT2D eigenvalue weighted by atomic mass is 10.2. The van der Waals surface area contributed by atoms with E-state index in [1.807, 2.05) is 0 Å². The van der Waals surface area contributed by atoms with Crippen molar-refractivity contribution in [3.8, 4) is 0 Å². The molecule has 0 radical (unpaired) electrons. The standard InChI is InChI=1S/C12H10F3NO/c13-12(14,15)5-6-16-7-9(8-17)10-3-1-2-4-11(10)16/h1-4,7-8H,5-6H2. The Kier molecular flexibility index (Phi) is 2.92. The monoisotopic (exact) mass is 241 g/mol. The van der Waals surface area contributed by atoms with Gasteiger partial charge < -0.3 is 4.57 Å². The molecule has 90 valence electrons. The molecule has 0 N–H and O–H groups in total. The summed E-state index contributed by atoms with van der Waals surface area (Å²) in [6.45, 7) is -0.169. The maximum atomic E-state index is 12.1. The van der Waals surface area contributed by atoms with E-state index in [0.29, 0.717) is 22.8 Å². The molecule has 2 rings (SSSR count). The Balaban J connectivity index is 2.37. The van der Waals surface area contributed by atoms with Crippen LogP contribution in [-0.2, 0) is 6.54 Å². The van der Waals surface area contributed by atoms with E-state index in [2.05, 4.69) is 0 Å². The van der Waals surface area contributed by atoms with Gasteiger partial charge in [-0.2, -0.15) is 13.2 Å². The zero-order chi connectivity index (χ0) is 12.5. The highest BCUT2D eigenvalue weighted by molar-refractivity contribution is 5.97. The molecular weight excluding hydrogens is 231 g/mol. The number of fused-ring (bicyclic) bond motifs is 1. The van der Waals surface area contributed by atoms with Gasteiger partial charge in [0.1, 0.15) is 0 Å². The van der Waals surface area contributed by atoms with Crippen molar-refractivity contribution in [2.45, 2.75) is 19.1 Å². The summed E-state index contributed by atoms with van der Waals surface area (Å²) in [6.07, 6.45) is -2.97. The summed E-state index contributed by atoms with van der Waals surface area (Å²) in [5, 5.41) is 0.685. The molecule has 1 aromatic heterocycles. The SMILES string of the molecule is O=Cc1cn(CCC(F)(F)F)c2ccccc12. The number of halogens is 3. The lowest BCUT2D eigenvalue weighted by molar-refractivity contribution is -0.136. The topological polar surface area (TPSA) is 22.0 Å². The van der Waals surface area contributed by atoms with Crippen LogP contribution < -0.4 is 0 Å². The number of carbonyl (C=O) groups excluding carboxylic acids is 1. The van der Waals surface area contributed by atoms with Crippen LogP contribution in [-0.4, -0.2) is 17.0 Å². The molecule has 0 saturated carbocycles. The molecule has 0 fully saturated rings. The van der Waals surface area contributed by atoms with Crippen molar-refractivity contribution < 1.29 is 18.0 Å². The molecule has 0 aliphatic heterocycles. The second kappa shape index (κ2) is 4.24. The average molecular weight is 241 g/mol. The Morgan fingerprint density at radius 1 is 1.24 bits per heavy atom. The molecule has 0 bridgehead atoms. The van der Waals surface area contributed by atoms with Gasteiger partial charge in [-0.25, -0.2) is 0 Å². The predicted octanol–water partition coefficient (Wildman–Crippen LogP) is 3.41. The lowest BCUT2D eigenvalue weighted by Gasteiger charge is -2.08. The number of nitrogens with zero attached hydrogens (tertiary/aromatic N) is 1. The van der Waals surface area contributed by atoms with Crippen LogP contribution in [0.2, 0.25) is 0 Å². The zero-order valence-electron chi connectivity index (χ0n) is 8.87. The molecular formula is C12H10F3NO. The lowest BCUT2D eigenvalue weighted by Crippen LogP contribution is -2.11. The van der Waals surface area contributed by atoms with Gasteiger partial charge in [-0.3, -0.25) is 4.79 Å². The number of benzene rings is 1. The van der Waals surface area contributed by atoms with Crippen molar-refractivity contribution in [3.05, 3.63) is 36.0 Å². The molecule has 0 saturated heterocycles. The van der Waals surface area contributed by atoms with Crippen LogP contribution in [0.1, 0.15) is 16.8 Å². The maximum absolute atomic E-state index is 12.1. The molecule has 2 aromatic rings. The number of para-hydroxylation sites is 1. The summed E-state index contributed by atoms with van der Waals surface area (Å²) in [6, 6.07) is 6.92. The summed E-state index contributed by atoms with van der Waals surface area (Å²) in [7, 11) is 0. The quantitative estimate of drug-likeness (QED) is 0.755. The van der Waals surface area contributed by atoms with Crippen molar-refractivity contribution in [1.82, 2.24) is 4.57 Å². The van der Waals surface area contributed by atoms with Crippen LogP contribution in [0.25, 0.3) is 10.9 Å². The summed E-state index contributed by atoms with van der Waals surface area (Å²) >= 11 is 0. The van der Waals surface area contributed by atoms with Crippen molar-refractivity contribution in [2.75, 3.05) is 0 Å². The fourth-order valence-corrected chi connectivity index (χ4v) is 1.80. The normalized spacial score (nSPS) is 11.9. The summed E-state index contributed by atoms with van der Waals surface area (Å²) < 4.78 is 37.9. The highest BCUT2D eigenvalue weighted by atomic mass is 19.4. The Morgan fingerprint density at radius 3 is 2.59 bits per heavy atom. The van der Waals surface area contributed by atoms with Crippen LogP contribution in [0.4, 0.5) is 13.2 Å². The third-order valence-corrected chi connectivity index (χ3v) is 2.58. The van der Waals surface area contributed by atoms with E-state index < -0.39 is 12.6 Å². The molecule has 0 spiro atoms. The molecule has 0 aliphatic carbocycles. The van der Waals surface area contributed by atoms with Crippen LogP contribution in [0, 0.1) is 0 Å². The van der Waals surface area contributed by atoms with Crippen molar-refractivity contribution in [3.63, 3.8) is 0 Å². The van der Waals surface area contributed by atoms with Gasteiger partial charge in [0.2, 0.25) is 0 Å². The fraction of sp³-hybridized carbons (Fsp3) is 0.250. The van der Waals surface area contributed by atoms with Gasteiger partial charge in [-0.05, 0) is 6.07 Å². The second-order valence-electron chi connectivity index (χ2n) is 3.78. The minimum Gasteiger partial charge on any atom is -0.346 e. The largest absolute Gasteiger partial charge is 0.390 e. The van der Waals surface area contributed by atoms with Crippen molar-refractivity contribution in [2.24, 2.45) is 0 Å². The van der Waals surface area contributed by atoms with E-state index in [4.69, 9.17) is 0 Å². The minimum atomic E-state index is -4.19. The first-order valence-corrected chi connectivity index (χ1v) is 5.11. The first-order valence-electron chi connectivity index (χ1n) is 5.11. The van der Waals surface area contributed by atoms with Crippen molar-refractivity contribution in [1.29, 1.82) is 0 Å². The van der Waals surface area contributed by atoms with Gasteiger partial charge in [-0.15, -0.1) is 0 Å². The predicted molar refractivity (Wildman–Crippen MR) is 58.0 cm³/mol. The Hall–Kier alpha value is -1.78. The molecule has 5 heteroatoms. The molecule has 0 atom stereocenters. The molecule has 1 aromatic carbocycles. The van der Waals surface area contributed by atoms with E-state index in [1.165, 1.54) is 10.8 Å². The van der Waals surface area contributed by atoms with Gasteiger partial charge >= 0.3 is 6.18 Å². The van der Waals surface area contributed by atoms with Gasteiger partial charge in [0.25, 0.3) is 0 Å². The summed E-state index contributed by atoms with van der Waals surface area (Å²) in [5.74, 6) is 0. The fourth-order valence-electron chi connectivity index (χ4n) is 1.80. The number of rotatable bonds is 3. The third-order valence-electron chi connectivity index (χ3n) is 2.58. The summed E-state index contributed by atoms with van der Waals surface area (Å²) in [4.78, 5) is 10.8. The van der Waals surface area contributed by atoms with E-state index >= 15 is 0 Å². The number of alkyl halides is 3. The van der Waals surface area contributed by atoms with E-state index in [0.717, 1.165) is 0 Å². The van der Waals surface area contributed by atoms with Gasteiger partial charge in [0.15, 0.2) is 6.29 Å². The molecule has 1 heterocycles. The number of hydrogen-bond donors (Lipinski definition) is 0. The maximum Gasteiger partial charge on any atom is 0.390 e. The Bertz CT molecular complexity index is 542. The Labute approximate surface area is 95.7 Å². The number of aromatic nitrogens is 1. The van der Waals surface area contributed by atoms with Crippen LogP contribution >= 0.6 is 0 Å². The molecule has 0 unspecified atom stereocenters. The van der Waals surface area contributed by atoms with E-state index in [-0.39, 0.29) is 6.54 Å². The second-order valence-corrected chi connectivity index (χ2v) is 3.78. The highest BCUT2D eigenvalue weighted by Gasteiger charge is 2.26. The number of aldehydes is 1. The average Bonchev–Trinajstić information content (AvgIpc) is 2.64. The molecule has 0 aliphatic rings. The van der Waals surface area contributed by atoms with Crippen molar-refractivity contribution >= 4 is 17.2 Å². The van der Waals surface area contributed by atoms with Gasteiger partial charge in [0.05, 0.1) is 6.42 Å². The van der Waals surface area contributed by atoms with Gasteiger partial charge in [0, 0.05) is 29.2 Å². The first kappa shape index (κ1) is 11.7. The molecule has 2 nitrogen and oxygen atoms in total. The molecule has 17 heavy (non-hydrogen) atoms. The highest BCUT2D eigenvalue weighted by Crippen LogP contribution is 2.24. The number of aryl methyl sites for hydroxylation is 1. The number of carbonyl (C=O) groups is 1. The van der Waals surface area contributed by atoms with Crippen LogP contribution in [0.3, 0.4) is 0 Å². The van der Waals surface area contributed by atoms with Crippen LogP contribution in [0.15, 0.2) is 30.5 Å². The first-order chi connectivity index (χ1) is 8.01. The molecule has 0 amide bonds. The van der Waals surface area contributed by atoms with Crippen LogP contribution in [0.5, 0.6) is 0 Å². The van der Waals surface area contributed by atoms with Gasteiger partial charge in [-0.1, -0.05) is 18.2 Å². The number of hydrogen-bond acceptors (Lipinski definition) is 1. The summed E-state index contributed by atoms with van der Waals surface area (Å²) in [5.41, 5.74) is 1.07. The van der Waals surface area contributed by atoms with E-state index in [1.54, 1.807) is 24.3 Å². The third kappa shape index (κ3) is 2.49. The minimum absolute atomic E-state index is 0.169.